The van der Waals surface area contributed by atoms with Gasteiger partial charge in [-0.15, -0.1) is 0 Å². The van der Waals surface area contributed by atoms with Gasteiger partial charge in [-0.25, -0.2) is 4.79 Å². The number of hydrogen-bond acceptors (Lipinski definition) is 6. The molecule has 1 atom stereocenters. The molecule has 37 heavy (non-hydrogen) atoms. The summed E-state index contributed by atoms with van der Waals surface area (Å²) < 4.78 is 6.84. The maximum atomic E-state index is 12.9. The van der Waals surface area contributed by atoms with E-state index in [1.807, 2.05) is 6.07 Å². The molecule has 8 nitrogen and oxygen atoms in total. The molecule has 0 fully saturated rings. The number of anilines is 3. The number of para-hydroxylation sites is 2. The Morgan fingerprint density at radius 1 is 1.11 bits per heavy atom. The average molecular weight is 628 g/mol. The number of halogens is 2. The van der Waals surface area contributed by atoms with Gasteiger partial charge in [0.1, 0.15) is 11.9 Å². The quantitative estimate of drug-likeness (QED) is 0.166. The second kappa shape index (κ2) is 12.0. The molecule has 2 amide bonds. The standard InChI is InChI=1S/C27H24Br2N4O4/c1-27(2,12-11-23(34)33-22-6-4-3-5-21(22)31)25(19-13-17(28)14-20(29)24(19)35)37-26(36)32-18-9-7-16(15-30)8-10-18/h3-14,25,35H,31H2,1-2H3,(H,32,36)(H,33,34)/b12-11+/t25-/m0/s1. The van der Waals surface area contributed by atoms with Gasteiger partial charge in [0.05, 0.1) is 27.5 Å². The zero-order valence-corrected chi connectivity index (χ0v) is 23.1. The van der Waals surface area contributed by atoms with E-state index in [0.29, 0.717) is 37.1 Å². The molecular weight excluding hydrogens is 604 g/mol. The summed E-state index contributed by atoms with van der Waals surface area (Å²) in [5.74, 6) is -0.534. The number of carbonyl (C=O) groups is 2. The van der Waals surface area contributed by atoms with Gasteiger partial charge in [-0.3, -0.25) is 10.1 Å². The molecule has 0 saturated carbocycles. The molecule has 0 radical (unpaired) electrons. The first kappa shape index (κ1) is 27.8. The molecule has 0 aromatic heterocycles. The van der Waals surface area contributed by atoms with Crippen LogP contribution in [-0.4, -0.2) is 17.1 Å². The number of nitrogens with zero attached hydrogens (tertiary/aromatic N) is 1. The predicted octanol–water partition coefficient (Wildman–Crippen LogP) is 6.88. The summed E-state index contributed by atoms with van der Waals surface area (Å²) >= 11 is 6.72. The molecule has 0 saturated heterocycles. The highest BCUT2D eigenvalue weighted by molar-refractivity contribution is 9.11. The van der Waals surface area contributed by atoms with Crippen LogP contribution in [0, 0.1) is 16.7 Å². The van der Waals surface area contributed by atoms with Gasteiger partial charge in [-0.1, -0.05) is 48.0 Å². The SMILES string of the molecule is CC(C)(/C=C/C(=O)Nc1ccccc1N)[C@@H](OC(=O)Nc1ccc(C#N)cc1)c1cc(Br)cc(Br)c1O. The van der Waals surface area contributed by atoms with Gasteiger partial charge in [0.2, 0.25) is 5.91 Å². The molecule has 0 spiro atoms. The number of amides is 2. The lowest BCUT2D eigenvalue weighted by Crippen LogP contribution is -2.28. The molecule has 0 aliphatic heterocycles. The normalized spacial score (nSPS) is 12.0. The minimum atomic E-state index is -1.01. The number of nitrogens with two attached hydrogens (primary N) is 1. The van der Waals surface area contributed by atoms with Crippen molar-refractivity contribution in [1.82, 2.24) is 0 Å². The number of hydrogen-bond donors (Lipinski definition) is 4. The van der Waals surface area contributed by atoms with Crippen LogP contribution in [0.3, 0.4) is 0 Å². The Bertz CT molecular complexity index is 1380. The molecule has 10 heteroatoms. The van der Waals surface area contributed by atoms with Crippen molar-refractivity contribution in [2.75, 3.05) is 16.4 Å². The maximum absolute atomic E-state index is 12.9. The summed E-state index contributed by atoms with van der Waals surface area (Å²) in [6.07, 6.45) is 1.12. The fraction of sp³-hybridized carbons (Fsp3) is 0.148. The van der Waals surface area contributed by atoms with Gasteiger partial charge < -0.3 is 20.9 Å². The van der Waals surface area contributed by atoms with Crippen molar-refractivity contribution in [1.29, 1.82) is 5.26 Å². The second-order valence-corrected chi connectivity index (χ2v) is 10.4. The fourth-order valence-corrected chi connectivity index (χ4v) is 4.71. The molecule has 0 aliphatic rings. The van der Waals surface area contributed by atoms with E-state index in [1.165, 1.54) is 6.08 Å². The van der Waals surface area contributed by atoms with Crippen molar-refractivity contribution < 1.29 is 19.4 Å². The summed E-state index contributed by atoms with van der Waals surface area (Å²) in [5.41, 5.74) is 7.03. The number of benzene rings is 3. The fourth-order valence-electron chi connectivity index (χ4n) is 3.45. The third-order valence-electron chi connectivity index (χ3n) is 5.38. The van der Waals surface area contributed by atoms with Gasteiger partial charge in [0.15, 0.2) is 0 Å². The molecule has 3 aromatic carbocycles. The third-order valence-corrected chi connectivity index (χ3v) is 6.45. The van der Waals surface area contributed by atoms with Crippen LogP contribution in [0.1, 0.15) is 31.1 Å². The van der Waals surface area contributed by atoms with Crippen LogP contribution in [0.5, 0.6) is 5.75 Å². The van der Waals surface area contributed by atoms with Crippen molar-refractivity contribution in [2.24, 2.45) is 5.41 Å². The van der Waals surface area contributed by atoms with Crippen LogP contribution < -0.4 is 16.4 Å². The minimum absolute atomic E-state index is 0.109. The third kappa shape index (κ3) is 7.35. The molecule has 0 heterocycles. The Hall–Kier alpha value is -3.81. The van der Waals surface area contributed by atoms with E-state index < -0.39 is 23.5 Å². The largest absolute Gasteiger partial charge is 0.506 e. The molecule has 5 N–H and O–H groups in total. The summed E-state index contributed by atoms with van der Waals surface area (Å²) in [5, 5.41) is 25.1. The molecule has 0 aliphatic carbocycles. The number of nitriles is 1. The molecule has 3 aromatic rings. The molecule has 0 unspecified atom stereocenters. The summed E-state index contributed by atoms with van der Waals surface area (Å²) in [7, 11) is 0. The lowest BCUT2D eigenvalue weighted by Gasteiger charge is -2.32. The van der Waals surface area contributed by atoms with Crippen molar-refractivity contribution >= 4 is 60.9 Å². The number of nitrogens with one attached hydrogen (secondary N) is 2. The lowest BCUT2D eigenvalue weighted by atomic mass is 9.81. The zero-order chi connectivity index (χ0) is 27.2. The number of aromatic hydroxyl groups is 1. The van der Waals surface area contributed by atoms with Gasteiger partial charge in [-0.05, 0) is 70.5 Å². The Labute approximate surface area is 231 Å². The second-order valence-electron chi connectivity index (χ2n) is 8.66. The molecule has 3 rings (SSSR count). The van der Waals surface area contributed by atoms with E-state index in [1.54, 1.807) is 80.6 Å². The van der Waals surface area contributed by atoms with Crippen LogP contribution in [0.4, 0.5) is 21.9 Å². The predicted molar refractivity (Wildman–Crippen MR) is 150 cm³/mol. The number of carbonyl (C=O) groups excluding carboxylic acids is 2. The van der Waals surface area contributed by atoms with Gasteiger partial charge in [0.25, 0.3) is 0 Å². The van der Waals surface area contributed by atoms with Crippen LogP contribution >= 0.6 is 31.9 Å². The Balaban J connectivity index is 1.89. The van der Waals surface area contributed by atoms with Gasteiger partial charge >= 0.3 is 6.09 Å². The van der Waals surface area contributed by atoms with E-state index in [-0.39, 0.29) is 5.75 Å². The summed E-state index contributed by atoms with van der Waals surface area (Å²) in [4.78, 5) is 25.5. The average Bonchev–Trinajstić information content (AvgIpc) is 2.85. The monoisotopic (exact) mass is 626 g/mol. The van der Waals surface area contributed by atoms with E-state index in [4.69, 9.17) is 15.7 Å². The number of phenols is 1. The van der Waals surface area contributed by atoms with Crippen molar-refractivity contribution in [2.45, 2.75) is 20.0 Å². The highest BCUT2D eigenvalue weighted by atomic mass is 79.9. The van der Waals surface area contributed by atoms with Crippen molar-refractivity contribution in [3.05, 3.63) is 92.9 Å². The first-order valence-corrected chi connectivity index (χ1v) is 12.6. The number of phenolic OH excluding ortho intramolecular Hbond substituents is 1. The molecular formula is C27H24Br2N4O4. The Morgan fingerprint density at radius 2 is 1.78 bits per heavy atom. The van der Waals surface area contributed by atoms with Crippen LogP contribution in [0.15, 0.2) is 81.8 Å². The van der Waals surface area contributed by atoms with E-state index in [0.717, 1.165) is 0 Å². The van der Waals surface area contributed by atoms with Gasteiger partial charge in [0, 0.05) is 21.1 Å². The van der Waals surface area contributed by atoms with Crippen LogP contribution in [-0.2, 0) is 9.53 Å². The summed E-state index contributed by atoms with van der Waals surface area (Å²) in [6.45, 7) is 3.53. The minimum Gasteiger partial charge on any atom is -0.506 e. The highest BCUT2D eigenvalue weighted by Gasteiger charge is 2.35. The molecule has 190 valence electrons. The van der Waals surface area contributed by atoms with Crippen LogP contribution in [0.2, 0.25) is 0 Å². The van der Waals surface area contributed by atoms with E-state index in [2.05, 4.69) is 42.5 Å². The van der Waals surface area contributed by atoms with Crippen molar-refractivity contribution in [3.63, 3.8) is 0 Å². The van der Waals surface area contributed by atoms with E-state index in [9.17, 15) is 14.7 Å². The topological polar surface area (TPSA) is 137 Å². The van der Waals surface area contributed by atoms with Crippen molar-refractivity contribution in [3.8, 4) is 11.8 Å². The Kier molecular flexibility index (Phi) is 8.97. The zero-order valence-electron chi connectivity index (χ0n) is 20.0. The molecule has 0 bridgehead atoms. The van der Waals surface area contributed by atoms with Crippen LogP contribution in [0.25, 0.3) is 0 Å². The van der Waals surface area contributed by atoms with Gasteiger partial charge in [-0.2, -0.15) is 5.26 Å². The number of nitrogen functional groups attached to an aromatic ring is 1. The maximum Gasteiger partial charge on any atom is 0.412 e. The number of ether oxygens (including phenoxy) is 1. The first-order chi connectivity index (χ1) is 17.5. The highest BCUT2D eigenvalue weighted by Crippen LogP contribution is 2.45. The Morgan fingerprint density at radius 3 is 2.43 bits per heavy atom. The number of rotatable bonds is 7. The van der Waals surface area contributed by atoms with E-state index >= 15 is 0 Å². The summed E-state index contributed by atoms with van der Waals surface area (Å²) in [6, 6.07) is 18.5. The lowest BCUT2D eigenvalue weighted by molar-refractivity contribution is -0.112. The first-order valence-electron chi connectivity index (χ1n) is 11.0. The smallest absolute Gasteiger partial charge is 0.412 e.